The molecule has 0 atom stereocenters. The highest BCUT2D eigenvalue weighted by atomic mass is 35.5. The lowest BCUT2D eigenvalue weighted by molar-refractivity contribution is -0.656. The normalized spacial score (nSPS) is 11.4. The molecule has 0 amide bonds. The highest BCUT2D eigenvalue weighted by Gasteiger charge is 2.24. The maximum atomic E-state index is 6.51. The van der Waals surface area contributed by atoms with Crippen molar-refractivity contribution in [1.29, 1.82) is 0 Å². The second-order valence-electron chi connectivity index (χ2n) is 7.92. The van der Waals surface area contributed by atoms with Crippen LogP contribution in [-0.2, 0) is 0 Å². The summed E-state index contributed by atoms with van der Waals surface area (Å²) in [7, 11) is 0. The third-order valence-electron chi connectivity index (χ3n) is 5.63. The molecule has 5 aromatic rings. The van der Waals surface area contributed by atoms with Gasteiger partial charge in [0.25, 0.3) is 0 Å². The number of nitrogens with zero attached hydrogens (tertiary/aromatic N) is 2. The first-order chi connectivity index (χ1) is 16.7. The predicted molar refractivity (Wildman–Crippen MR) is 141 cm³/mol. The van der Waals surface area contributed by atoms with E-state index < -0.39 is 0 Å². The molecule has 1 heterocycles. The van der Waals surface area contributed by atoms with Crippen LogP contribution in [0.3, 0.4) is 0 Å². The van der Waals surface area contributed by atoms with E-state index in [1.54, 1.807) is 0 Å². The van der Waals surface area contributed by atoms with Crippen LogP contribution in [0.5, 0.6) is 0 Å². The molecule has 0 aliphatic rings. The third kappa shape index (κ3) is 4.61. The van der Waals surface area contributed by atoms with Gasteiger partial charge in [0.15, 0.2) is 5.84 Å². The molecule has 34 heavy (non-hydrogen) atoms. The van der Waals surface area contributed by atoms with E-state index in [-0.39, 0.29) is 0 Å². The van der Waals surface area contributed by atoms with Gasteiger partial charge in [-0.05, 0) is 64.3 Å². The van der Waals surface area contributed by atoms with Crippen LogP contribution in [0.4, 0.5) is 0 Å². The van der Waals surface area contributed by atoms with Crippen molar-refractivity contribution >= 4 is 17.4 Å². The van der Waals surface area contributed by atoms with Crippen LogP contribution in [0.15, 0.2) is 132 Å². The van der Waals surface area contributed by atoms with Crippen molar-refractivity contribution in [3.63, 3.8) is 0 Å². The summed E-state index contributed by atoms with van der Waals surface area (Å²) in [5.74, 6) is 0.406. The van der Waals surface area contributed by atoms with Gasteiger partial charge in [0.1, 0.15) is 0 Å². The molecule has 0 aliphatic carbocycles. The lowest BCUT2D eigenvalue weighted by Gasteiger charge is -2.09. The van der Waals surface area contributed by atoms with E-state index in [9.17, 15) is 0 Å². The summed E-state index contributed by atoms with van der Waals surface area (Å²) >= 11 is 6.08. The lowest BCUT2D eigenvalue weighted by atomic mass is 10.00. The van der Waals surface area contributed by atoms with Crippen LogP contribution in [0.1, 0.15) is 5.56 Å². The van der Waals surface area contributed by atoms with Crippen LogP contribution in [0, 0.1) is 0 Å². The summed E-state index contributed by atoms with van der Waals surface area (Å²) in [4.78, 5) is 0. The molecule has 164 valence electrons. The molecule has 0 saturated heterocycles. The Morgan fingerprint density at radius 2 is 1.00 bits per heavy atom. The molecule has 0 fully saturated rings. The number of pyridine rings is 1. The van der Waals surface area contributed by atoms with Crippen molar-refractivity contribution < 1.29 is 4.68 Å². The Morgan fingerprint density at radius 3 is 1.47 bits per heavy atom. The Kier molecular flexibility index (Phi) is 6.19. The van der Waals surface area contributed by atoms with Gasteiger partial charge >= 0.3 is 0 Å². The van der Waals surface area contributed by atoms with Crippen molar-refractivity contribution in [2.75, 3.05) is 0 Å². The van der Waals surface area contributed by atoms with Gasteiger partial charge in [-0.25, -0.2) is 0 Å². The zero-order chi connectivity index (χ0) is 23.3. The van der Waals surface area contributed by atoms with E-state index in [1.165, 1.54) is 0 Å². The van der Waals surface area contributed by atoms with Gasteiger partial charge in [-0.1, -0.05) is 78.3 Å². The van der Waals surface area contributed by atoms with Gasteiger partial charge in [0, 0.05) is 38.9 Å². The number of benzene rings is 4. The molecule has 0 unspecified atom stereocenters. The minimum atomic E-state index is 0.406. The van der Waals surface area contributed by atoms with E-state index >= 15 is 0 Å². The molecule has 0 spiro atoms. The first-order valence-electron chi connectivity index (χ1n) is 11.1. The van der Waals surface area contributed by atoms with Gasteiger partial charge in [-0.2, -0.15) is 0 Å². The van der Waals surface area contributed by atoms with Crippen molar-refractivity contribution in [1.82, 2.24) is 0 Å². The minimum absolute atomic E-state index is 0.406. The summed E-state index contributed by atoms with van der Waals surface area (Å²) in [5.41, 5.74) is 13.5. The summed E-state index contributed by atoms with van der Waals surface area (Å²) in [6.45, 7) is 0. The van der Waals surface area contributed by atoms with Crippen molar-refractivity contribution in [2.45, 2.75) is 0 Å². The fraction of sp³-hybridized carbons (Fsp3) is 0. The summed E-state index contributed by atoms with van der Waals surface area (Å²) in [6, 6.07) is 42.6. The number of rotatable bonds is 5. The van der Waals surface area contributed by atoms with E-state index in [1.807, 2.05) is 71.4 Å². The fourth-order valence-corrected chi connectivity index (χ4v) is 4.03. The molecular weight excluding hydrogens is 438 g/mol. The molecule has 4 heteroatoms. The van der Waals surface area contributed by atoms with Gasteiger partial charge < -0.3 is 5.73 Å². The van der Waals surface area contributed by atoms with Gasteiger partial charge in [0.2, 0.25) is 11.4 Å². The second kappa shape index (κ2) is 9.74. The van der Waals surface area contributed by atoms with E-state index in [2.05, 4.69) is 60.7 Å². The molecule has 0 saturated carbocycles. The van der Waals surface area contributed by atoms with Crippen molar-refractivity contribution in [2.24, 2.45) is 10.8 Å². The Morgan fingerprint density at radius 1 is 0.559 bits per heavy atom. The third-order valence-corrected chi connectivity index (χ3v) is 5.89. The average molecular weight is 461 g/mol. The molecule has 4 aromatic carbocycles. The van der Waals surface area contributed by atoms with Crippen LogP contribution < -0.4 is 10.4 Å². The lowest BCUT2D eigenvalue weighted by Crippen LogP contribution is -2.37. The molecule has 2 N–H and O–H groups in total. The average Bonchev–Trinajstić information content (AvgIpc) is 2.90. The zero-order valence-corrected chi connectivity index (χ0v) is 19.2. The van der Waals surface area contributed by atoms with E-state index in [4.69, 9.17) is 22.4 Å². The molecule has 5 rings (SSSR count). The van der Waals surface area contributed by atoms with Gasteiger partial charge in [-0.3, -0.25) is 0 Å². The summed E-state index contributed by atoms with van der Waals surface area (Å²) in [6.07, 6.45) is 0. The molecule has 3 nitrogen and oxygen atoms in total. The summed E-state index contributed by atoms with van der Waals surface area (Å²) in [5, 5.41) is 5.57. The van der Waals surface area contributed by atoms with E-state index in [0.717, 1.165) is 39.2 Å². The van der Waals surface area contributed by atoms with Crippen LogP contribution in [0.2, 0.25) is 5.02 Å². The van der Waals surface area contributed by atoms with Crippen LogP contribution >= 0.6 is 11.6 Å². The maximum Gasteiger partial charge on any atom is 0.246 e. The first kappa shape index (κ1) is 21.6. The second-order valence-corrected chi connectivity index (χ2v) is 8.35. The van der Waals surface area contributed by atoms with E-state index in [0.29, 0.717) is 10.9 Å². The van der Waals surface area contributed by atoms with Crippen LogP contribution in [-0.4, -0.2) is 5.84 Å². The highest BCUT2D eigenvalue weighted by molar-refractivity contribution is 6.30. The Labute approximate surface area is 204 Å². The van der Waals surface area contributed by atoms with Crippen molar-refractivity contribution in [3.8, 4) is 33.6 Å². The van der Waals surface area contributed by atoms with Gasteiger partial charge in [-0.15, -0.1) is 0 Å². The maximum absolute atomic E-state index is 6.51. The quantitative estimate of drug-likeness (QED) is 0.175. The van der Waals surface area contributed by atoms with Crippen LogP contribution in [0.25, 0.3) is 33.6 Å². The number of amidine groups is 1. The molecule has 1 aromatic heterocycles. The number of hydrogen-bond donors (Lipinski definition) is 1. The molecule has 0 aliphatic heterocycles. The van der Waals surface area contributed by atoms with Gasteiger partial charge in [0.05, 0.1) is 0 Å². The number of aromatic nitrogens is 1. The number of hydrogen-bond acceptors (Lipinski definition) is 1. The topological polar surface area (TPSA) is 42.3 Å². The SMILES string of the molecule is N/C(=N/[n+]1c(-c2ccccc2)cc(-c2ccccc2)cc1-c1ccccc1)c1ccc(Cl)cc1. The smallest absolute Gasteiger partial charge is 0.246 e. The Bertz CT molecular complexity index is 1370. The number of nitrogens with two attached hydrogens (primary N) is 1. The largest absolute Gasteiger partial charge is 0.378 e. The minimum Gasteiger partial charge on any atom is -0.378 e. The molecule has 0 bridgehead atoms. The fourth-order valence-electron chi connectivity index (χ4n) is 3.91. The molecule has 0 radical (unpaired) electrons. The zero-order valence-electron chi connectivity index (χ0n) is 18.5. The monoisotopic (exact) mass is 460 g/mol. The standard InChI is InChI=1S/C30H23ClN3/c31-27-18-16-25(17-19-27)30(32)33-34-28(23-12-6-2-7-13-23)20-26(22-10-4-1-5-11-22)21-29(34)24-14-8-3-9-15-24/h1-21H,(H2,32,33)/q+1. The summed E-state index contributed by atoms with van der Waals surface area (Å²) < 4.78 is 1.93. The predicted octanol–water partition coefficient (Wildman–Crippen LogP) is 6.80. The van der Waals surface area contributed by atoms with Crippen molar-refractivity contribution in [3.05, 3.63) is 138 Å². The Hall–Kier alpha value is -4.21. The molecular formula is C30H23ClN3+. The highest BCUT2D eigenvalue weighted by Crippen LogP contribution is 2.29. The Balaban J connectivity index is 1.80. The first-order valence-corrected chi connectivity index (χ1v) is 11.4. The number of halogens is 1.